The Bertz CT molecular complexity index is 1490. The Hall–Kier alpha value is -2.81. The molecule has 7 nitrogen and oxygen atoms in total. The predicted molar refractivity (Wildman–Crippen MR) is 159 cm³/mol. The third kappa shape index (κ3) is 5.41. The largest absolute Gasteiger partial charge is 0.492 e. The fraction of sp³-hybridized carbons (Fsp3) is 0.467. The highest BCUT2D eigenvalue weighted by molar-refractivity contribution is 6.35. The van der Waals surface area contributed by atoms with Crippen LogP contribution >= 0.6 is 23.2 Å². The van der Waals surface area contributed by atoms with E-state index in [0.29, 0.717) is 45.7 Å². The second kappa shape index (κ2) is 11.6. The Labute approximate surface area is 243 Å². The molecule has 5 rings (SSSR count). The molecule has 2 aromatic carbocycles. The molecule has 214 valence electrons. The number of fused-ring (bicyclic) bond motifs is 1. The van der Waals surface area contributed by atoms with E-state index in [4.69, 9.17) is 27.9 Å². The minimum Gasteiger partial charge on any atom is -0.492 e. The molecule has 2 atom stereocenters. The van der Waals surface area contributed by atoms with E-state index in [1.165, 1.54) is 13.2 Å². The molecule has 1 amide bonds. The number of rotatable bonds is 6. The summed E-state index contributed by atoms with van der Waals surface area (Å²) < 4.78 is 23.7. The van der Waals surface area contributed by atoms with E-state index < -0.39 is 17.2 Å². The van der Waals surface area contributed by atoms with Gasteiger partial charge in [-0.2, -0.15) is 0 Å². The highest BCUT2D eigenvalue weighted by atomic mass is 35.5. The van der Waals surface area contributed by atoms with E-state index in [9.17, 15) is 9.59 Å². The summed E-state index contributed by atoms with van der Waals surface area (Å²) in [6, 6.07) is 5.04. The van der Waals surface area contributed by atoms with Crippen LogP contribution in [0.3, 0.4) is 0 Å². The molecule has 1 saturated carbocycles. The number of aryl methyl sites for hydroxylation is 1. The molecular weight excluding hydrogens is 554 g/mol. The number of anilines is 1. The number of hydrogen-bond donors (Lipinski definition) is 2. The summed E-state index contributed by atoms with van der Waals surface area (Å²) in [7, 11) is 1.51. The molecule has 0 radical (unpaired) electrons. The smallest absolute Gasteiger partial charge is 0.257 e. The molecular formula is C30H35Cl2FN4O3. The van der Waals surface area contributed by atoms with Gasteiger partial charge in [-0.3, -0.25) is 9.59 Å². The lowest BCUT2D eigenvalue weighted by atomic mass is 10.0. The number of hydrogen-bond acceptors (Lipinski definition) is 5. The monoisotopic (exact) mass is 588 g/mol. The van der Waals surface area contributed by atoms with Gasteiger partial charge in [-0.25, -0.2) is 4.39 Å². The summed E-state index contributed by atoms with van der Waals surface area (Å²) in [5.41, 5.74) is 1.85. The molecule has 2 N–H and O–H groups in total. The average molecular weight is 590 g/mol. The van der Waals surface area contributed by atoms with Crippen LogP contribution in [0.25, 0.3) is 10.9 Å². The first-order valence-corrected chi connectivity index (χ1v) is 14.5. The SMILES string of the molecule is COc1c(N2CC(C)NC(C)C2)c(F)cc2c(=O)c(C(=O)NCc3c(C)cc(Cl)cc3Cl)cn(C3CCCC3)c12. The van der Waals surface area contributed by atoms with E-state index >= 15 is 4.39 Å². The fourth-order valence-corrected chi connectivity index (χ4v) is 6.95. The minimum atomic E-state index is -0.544. The molecule has 0 bridgehead atoms. The van der Waals surface area contributed by atoms with Crippen molar-refractivity contribution in [3.8, 4) is 5.75 Å². The first-order chi connectivity index (χ1) is 19.1. The zero-order chi connectivity index (χ0) is 28.7. The number of halogens is 3. The number of nitrogens with one attached hydrogen (secondary N) is 2. The maximum atomic E-state index is 15.9. The molecule has 1 aliphatic carbocycles. The van der Waals surface area contributed by atoms with E-state index in [0.717, 1.165) is 31.2 Å². The van der Waals surface area contributed by atoms with Crippen molar-refractivity contribution in [3.05, 3.63) is 67.2 Å². The minimum absolute atomic E-state index is 0.0410. The zero-order valence-electron chi connectivity index (χ0n) is 23.2. The standard InChI is InChI=1S/C30H35Cl2FN4O3/c1-16-9-19(31)10-24(32)22(16)12-34-30(39)23-15-37(20-7-5-6-8-20)26-21(28(23)38)11-25(33)27(29(26)40-4)36-13-17(2)35-18(3)14-36/h9-11,15,17-18,20,35H,5-8,12-14H2,1-4H3,(H,34,39). The van der Waals surface area contributed by atoms with Gasteiger partial charge in [0, 0.05) is 54.0 Å². The molecule has 2 aliphatic rings. The Morgan fingerprint density at radius 3 is 2.45 bits per heavy atom. The van der Waals surface area contributed by atoms with E-state index in [2.05, 4.69) is 24.5 Å². The normalized spacial score (nSPS) is 19.8. The number of methoxy groups -OCH3 is 1. The van der Waals surface area contributed by atoms with Gasteiger partial charge in [0.15, 0.2) is 11.6 Å². The number of carbonyl (C=O) groups is 1. The molecule has 2 fully saturated rings. The number of nitrogens with zero attached hydrogens (tertiary/aromatic N) is 2. The summed E-state index contributed by atoms with van der Waals surface area (Å²) >= 11 is 12.5. The topological polar surface area (TPSA) is 75.6 Å². The van der Waals surface area contributed by atoms with Crippen LogP contribution in [0.5, 0.6) is 5.75 Å². The van der Waals surface area contributed by atoms with Crippen molar-refractivity contribution in [2.75, 3.05) is 25.1 Å². The van der Waals surface area contributed by atoms with E-state index in [1.54, 1.807) is 18.3 Å². The maximum Gasteiger partial charge on any atom is 0.257 e. The van der Waals surface area contributed by atoms with Crippen molar-refractivity contribution in [1.29, 1.82) is 0 Å². The second-order valence-electron chi connectivity index (χ2n) is 11.1. The Kier molecular flexibility index (Phi) is 8.32. The van der Waals surface area contributed by atoms with E-state index in [-0.39, 0.29) is 35.6 Å². The van der Waals surface area contributed by atoms with Gasteiger partial charge in [0.2, 0.25) is 5.43 Å². The molecule has 40 heavy (non-hydrogen) atoms. The molecule has 1 saturated heterocycles. The van der Waals surface area contributed by atoms with Crippen LogP contribution in [0.1, 0.15) is 67.1 Å². The average Bonchev–Trinajstić information content (AvgIpc) is 3.42. The molecule has 10 heteroatoms. The van der Waals surface area contributed by atoms with Crippen LogP contribution in [0, 0.1) is 12.7 Å². The fourth-order valence-electron chi connectivity index (χ4n) is 6.29. The van der Waals surface area contributed by atoms with Crippen molar-refractivity contribution in [2.45, 2.75) is 71.1 Å². The van der Waals surface area contributed by atoms with Crippen molar-refractivity contribution < 1.29 is 13.9 Å². The third-order valence-electron chi connectivity index (χ3n) is 8.05. The maximum absolute atomic E-state index is 15.9. The summed E-state index contributed by atoms with van der Waals surface area (Å²) in [5, 5.41) is 7.38. The molecule has 2 unspecified atom stereocenters. The lowest BCUT2D eigenvalue weighted by Crippen LogP contribution is -2.54. The second-order valence-corrected chi connectivity index (χ2v) is 11.9. The van der Waals surface area contributed by atoms with Crippen LogP contribution in [-0.4, -0.2) is 42.8 Å². The summed E-state index contributed by atoms with van der Waals surface area (Å²) in [6.07, 6.45) is 5.50. The first-order valence-electron chi connectivity index (χ1n) is 13.8. The number of piperazine rings is 1. The summed E-state index contributed by atoms with van der Waals surface area (Å²) in [5.74, 6) is -0.755. The number of ether oxygens (including phenoxy) is 1. The van der Waals surface area contributed by atoms with Crippen molar-refractivity contribution in [1.82, 2.24) is 15.2 Å². The van der Waals surface area contributed by atoms with Crippen molar-refractivity contribution in [3.63, 3.8) is 0 Å². The highest BCUT2D eigenvalue weighted by Gasteiger charge is 2.31. The van der Waals surface area contributed by atoms with Gasteiger partial charge < -0.3 is 24.8 Å². The van der Waals surface area contributed by atoms with Crippen LogP contribution in [0.2, 0.25) is 10.0 Å². The van der Waals surface area contributed by atoms with Gasteiger partial charge in [-0.05, 0) is 62.9 Å². The molecule has 1 aromatic heterocycles. The quantitative estimate of drug-likeness (QED) is 0.369. The van der Waals surface area contributed by atoms with E-state index in [1.807, 2.05) is 16.4 Å². The Morgan fingerprint density at radius 2 is 1.82 bits per heavy atom. The van der Waals surface area contributed by atoms with Crippen LogP contribution < -0.4 is 25.7 Å². The Morgan fingerprint density at radius 1 is 1.15 bits per heavy atom. The lowest BCUT2D eigenvalue weighted by Gasteiger charge is -2.38. The van der Waals surface area contributed by atoms with Gasteiger partial charge in [0.1, 0.15) is 11.3 Å². The lowest BCUT2D eigenvalue weighted by molar-refractivity contribution is 0.0949. The predicted octanol–water partition coefficient (Wildman–Crippen LogP) is 6.00. The molecule has 3 aromatic rings. The third-order valence-corrected chi connectivity index (χ3v) is 8.60. The number of carbonyl (C=O) groups excluding carboxylic acids is 1. The van der Waals surface area contributed by atoms with Gasteiger partial charge in [0.25, 0.3) is 5.91 Å². The van der Waals surface area contributed by atoms with Gasteiger partial charge >= 0.3 is 0 Å². The molecule has 2 heterocycles. The number of pyridine rings is 1. The number of amides is 1. The van der Waals surface area contributed by atoms with Crippen LogP contribution in [0.15, 0.2) is 29.2 Å². The van der Waals surface area contributed by atoms with Crippen LogP contribution in [0.4, 0.5) is 10.1 Å². The van der Waals surface area contributed by atoms with Crippen molar-refractivity contribution in [2.24, 2.45) is 0 Å². The summed E-state index contributed by atoms with van der Waals surface area (Å²) in [6.45, 7) is 7.30. The zero-order valence-corrected chi connectivity index (χ0v) is 24.8. The number of aromatic nitrogens is 1. The van der Waals surface area contributed by atoms with Gasteiger partial charge in [0.05, 0.1) is 18.0 Å². The van der Waals surface area contributed by atoms with Gasteiger partial charge in [-0.15, -0.1) is 0 Å². The first kappa shape index (κ1) is 28.7. The highest BCUT2D eigenvalue weighted by Crippen LogP contribution is 2.42. The van der Waals surface area contributed by atoms with Crippen molar-refractivity contribution >= 4 is 45.7 Å². The molecule has 1 aliphatic heterocycles. The molecule has 0 spiro atoms. The number of benzene rings is 2. The van der Waals surface area contributed by atoms with Gasteiger partial charge in [-0.1, -0.05) is 36.0 Å². The Balaban J connectivity index is 1.62. The summed E-state index contributed by atoms with van der Waals surface area (Å²) in [4.78, 5) is 29.2. The van der Waals surface area contributed by atoms with Crippen LogP contribution in [-0.2, 0) is 6.54 Å².